The van der Waals surface area contributed by atoms with E-state index in [4.69, 9.17) is 16.3 Å². The van der Waals surface area contributed by atoms with Crippen LogP contribution in [0.3, 0.4) is 0 Å². The normalized spacial score (nSPS) is 22.5. The van der Waals surface area contributed by atoms with Gasteiger partial charge in [0, 0.05) is 16.9 Å². The van der Waals surface area contributed by atoms with E-state index >= 15 is 4.39 Å². The molecule has 3 heterocycles. The highest BCUT2D eigenvalue weighted by Gasteiger charge is 2.56. The quantitative estimate of drug-likeness (QED) is 0.291. The maximum absolute atomic E-state index is 16.5. The van der Waals surface area contributed by atoms with Gasteiger partial charge in [0.1, 0.15) is 22.8 Å². The molecule has 0 bridgehead atoms. The second-order valence-electron chi connectivity index (χ2n) is 9.91. The van der Waals surface area contributed by atoms with Gasteiger partial charge in [0.2, 0.25) is 5.88 Å². The second kappa shape index (κ2) is 7.83. The highest BCUT2D eigenvalue weighted by atomic mass is 19.3. The summed E-state index contributed by atoms with van der Waals surface area (Å²) in [5, 5.41) is 19.0. The number of alkyl halides is 2. The average molecular weight is 508 g/mol. The van der Waals surface area contributed by atoms with Crippen molar-refractivity contribution in [3.05, 3.63) is 47.2 Å². The van der Waals surface area contributed by atoms with Crippen LogP contribution in [0.1, 0.15) is 36.1 Å². The minimum Gasteiger partial charge on any atom is -0.508 e. The van der Waals surface area contributed by atoms with Gasteiger partial charge in [0.15, 0.2) is 5.82 Å². The molecule has 2 aromatic heterocycles. The molecule has 1 aliphatic heterocycles. The fourth-order valence-corrected chi connectivity index (χ4v) is 5.93. The smallest absolute Gasteiger partial charge is 0.388 e. The molecule has 3 fully saturated rings. The maximum atomic E-state index is 16.5. The minimum absolute atomic E-state index is 0.000407. The Hall–Kier alpha value is -3.84. The van der Waals surface area contributed by atoms with Crippen LogP contribution >= 0.6 is 0 Å². The number of ether oxygens (including phenoxy) is 1. The third-order valence-electron chi connectivity index (χ3n) is 7.73. The molecule has 0 spiro atoms. The number of benzene rings is 2. The molecule has 1 unspecified atom stereocenters. The van der Waals surface area contributed by atoms with E-state index in [0.29, 0.717) is 22.9 Å². The lowest BCUT2D eigenvalue weighted by Crippen LogP contribution is -2.14. The Kier molecular flexibility index (Phi) is 4.73. The number of nitrogens with zero attached hydrogens (tertiary/aromatic N) is 3. The lowest BCUT2D eigenvalue weighted by atomic mass is 9.95. The third-order valence-corrected chi connectivity index (χ3v) is 7.73. The van der Waals surface area contributed by atoms with Crippen LogP contribution in [0.25, 0.3) is 32.9 Å². The summed E-state index contributed by atoms with van der Waals surface area (Å²) in [5.41, 5.74) is -0.0232. The molecule has 188 valence electrons. The average Bonchev–Trinajstić information content (AvgIpc) is 3.74. The van der Waals surface area contributed by atoms with Crippen LogP contribution in [0.2, 0.25) is 0 Å². The van der Waals surface area contributed by atoms with Gasteiger partial charge in [0.25, 0.3) is 0 Å². The molecule has 0 radical (unpaired) electrons. The fraction of sp³-hybridized carbons (Fsp3) is 0.333. The first-order valence-corrected chi connectivity index (χ1v) is 12.1. The molecular formula is C27H20F4N4O2. The predicted octanol–water partition coefficient (Wildman–Crippen LogP) is 5.09. The molecule has 2 aromatic carbocycles. The first kappa shape index (κ1) is 22.4. The Morgan fingerprint density at radius 1 is 1.14 bits per heavy atom. The number of aromatic nitrogens is 3. The third kappa shape index (κ3) is 3.30. The molecule has 3 aliphatic rings. The van der Waals surface area contributed by atoms with E-state index in [9.17, 15) is 18.3 Å². The number of hydrogen-bond acceptors (Lipinski definition) is 5. The van der Waals surface area contributed by atoms with Crippen LogP contribution in [0.15, 0.2) is 24.3 Å². The zero-order valence-electron chi connectivity index (χ0n) is 19.3. The molecule has 4 aromatic rings. The van der Waals surface area contributed by atoms with E-state index in [-0.39, 0.29) is 50.8 Å². The van der Waals surface area contributed by atoms with Crippen LogP contribution in [0, 0.1) is 35.8 Å². The van der Waals surface area contributed by atoms with E-state index in [1.165, 1.54) is 18.2 Å². The standard InChI is InChI=1S/C27H20F4N4O2/c1-2-14-18(28)6-3-11-7-13(36)8-15(19(11)14)23-22(29)25-21(26(33-23)37-27(30)31)24(34-35(25)12-4-5-12)20-16-9-32-10-17(16)20/h1,3,6-8,12,16-17,20,27,32,36H,4-5,9-10H2/t16-,17+,20?. The summed E-state index contributed by atoms with van der Waals surface area (Å²) in [7, 11) is 0. The number of phenols is 1. The molecule has 1 saturated heterocycles. The van der Waals surface area contributed by atoms with Crippen molar-refractivity contribution >= 4 is 21.7 Å². The molecule has 0 amide bonds. The first-order chi connectivity index (χ1) is 17.9. The minimum atomic E-state index is -3.22. The molecule has 10 heteroatoms. The van der Waals surface area contributed by atoms with Crippen molar-refractivity contribution in [2.45, 2.75) is 31.4 Å². The van der Waals surface area contributed by atoms with E-state index in [1.54, 1.807) is 4.68 Å². The Morgan fingerprint density at radius 3 is 2.57 bits per heavy atom. The van der Waals surface area contributed by atoms with E-state index < -0.39 is 24.1 Å². The summed E-state index contributed by atoms with van der Waals surface area (Å²) in [6.45, 7) is -1.66. The highest BCUT2D eigenvalue weighted by molar-refractivity contribution is 6.03. The monoisotopic (exact) mass is 508 g/mol. The lowest BCUT2D eigenvalue weighted by molar-refractivity contribution is -0.0517. The number of nitrogens with one attached hydrogen (secondary N) is 1. The summed E-state index contributed by atoms with van der Waals surface area (Å²) in [5.74, 6) is 0.645. The van der Waals surface area contributed by atoms with Crippen molar-refractivity contribution in [2.24, 2.45) is 11.8 Å². The Labute approximate surface area is 208 Å². The topological polar surface area (TPSA) is 72.2 Å². The zero-order valence-corrected chi connectivity index (χ0v) is 19.3. The van der Waals surface area contributed by atoms with Crippen LogP contribution in [0.5, 0.6) is 11.6 Å². The van der Waals surface area contributed by atoms with Crippen LogP contribution in [-0.2, 0) is 0 Å². The Balaban J connectivity index is 1.56. The number of phenolic OH excluding ortho intramolecular Hbond substituents is 1. The molecule has 37 heavy (non-hydrogen) atoms. The Bertz CT molecular complexity index is 1650. The van der Waals surface area contributed by atoms with Gasteiger partial charge in [-0.25, -0.2) is 13.8 Å². The Morgan fingerprint density at radius 2 is 1.89 bits per heavy atom. The van der Waals surface area contributed by atoms with Crippen molar-refractivity contribution < 1.29 is 27.4 Å². The van der Waals surface area contributed by atoms with Crippen LogP contribution in [-0.4, -0.2) is 39.6 Å². The fourth-order valence-electron chi connectivity index (χ4n) is 5.93. The molecular weight excluding hydrogens is 488 g/mol. The molecule has 3 atom stereocenters. The van der Waals surface area contributed by atoms with Gasteiger partial charge in [-0.1, -0.05) is 12.0 Å². The number of fused-ring (bicyclic) bond motifs is 3. The van der Waals surface area contributed by atoms with Gasteiger partial charge in [-0.05, 0) is 61.4 Å². The number of hydrogen-bond donors (Lipinski definition) is 2. The number of halogens is 4. The number of pyridine rings is 1. The maximum Gasteiger partial charge on any atom is 0.388 e. The van der Waals surface area contributed by atoms with Gasteiger partial charge in [-0.2, -0.15) is 13.9 Å². The molecule has 7 rings (SSSR count). The van der Waals surface area contributed by atoms with E-state index in [2.05, 4.69) is 16.2 Å². The van der Waals surface area contributed by atoms with Crippen molar-refractivity contribution in [1.82, 2.24) is 20.1 Å². The molecule has 6 nitrogen and oxygen atoms in total. The largest absolute Gasteiger partial charge is 0.508 e. The second-order valence-corrected chi connectivity index (χ2v) is 9.91. The summed E-state index contributed by atoms with van der Waals surface area (Å²) in [6, 6.07) is 5.03. The van der Waals surface area contributed by atoms with E-state index in [1.807, 2.05) is 0 Å². The summed E-state index contributed by atoms with van der Waals surface area (Å²) >= 11 is 0. The van der Waals surface area contributed by atoms with Crippen LogP contribution < -0.4 is 10.1 Å². The van der Waals surface area contributed by atoms with Crippen molar-refractivity contribution in [3.8, 4) is 35.2 Å². The summed E-state index contributed by atoms with van der Waals surface area (Å²) in [6.07, 6.45) is 7.13. The lowest BCUT2D eigenvalue weighted by Gasteiger charge is -2.14. The van der Waals surface area contributed by atoms with Crippen LogP contribution in [0.4, 0.5) is 17.6 Å². The van der Waals surface area contributed by atoms with Gasteiger partial charge in [-0.3, -0.25) is 4.68 Å². The highest BCUT2D eigenvalue weighted by Crippen LogP contribution is 2.58. The van der Waals surface area contributed by atoms with Gasteiger partial charge >= 0.3 is 6.61 Å². The number of piperidine rings is 1. The van der Waals surface area contributed by atoms with Gasteiger partial charge in [0.05, 0.1) is 22.7 Å². The molecule has 2 N–H and O–H groups in total. The van der Waals surface area contributed by atoms with Gasteiger partial charge < -0.3 is 15.2 Å². The summed E-state index contributed by atoms with van der Waals surface area (Å²) in [4.78, 5) is 4.22. The zero-order chi connectivity index (χ0) is 25.6. The van der Waals surface area contributed by atoms with Gasteiger partial charge in [-0.15, -0.1) is 6.42 Å². The molecule has 2 saturated carbocycles. The first-order valence-electron chi connectivity index (χ1n) is 12.1. The van der Waals surface area contributed by atoms with Crippen molar-refractivity contribution in [3.63, 3.8) is 0 Å². The molecule has 2 aliphatic carbocycles. The van der Waals surface area contributed by atoms with E-state index in [0.717, 1.165) is 32.0 Å². The SMILES string of the molecule is C#Cc1c(F)ccc2cc(O)cc(-c3nc(OC(F)F)c4c(C5[C@H]6CNC[C@@H]56)nn(C5CC5)c4c3F)c12. The number of aromatic hydroxyl groups is 1. The van der Waals surface area contributed by atoms with Crippen molar-refractivity contribution in [2.75, 3.05) is 13.1 Å². The number of rotatable bonds is 5. The van der Waals surface area contributed by atoms with Crippen molar-refractivity contribution in [1.29, 1.82) is 0 Å². The predicted molar refractivity (Wildman–Crippen MR) is 127 cm³/mol. The number of terminal acetylenes is 1. The summed E-state index contributed by atoms with van der Waals surface area (Å²) < 4.78 is 64.8.